The Bertz CT molecular complexity index is 528. The van der Waals surface area contributed by atoms with Gasteiger partial charge in [-0.2, -0.15) is 13.2 Å². The molecule has 2 N–H and O–H groups in total. The molecular weight excluding hydrogens is 281 g/mol. The van der Waals surface area contributed by atoms with Gasteiger partial charge in [-0.15, -0.1) is 0 Å². The molecule has 0 spiro atoms. The molecule has 2 rings (SSSR count). The van der Waals surface area contributed by atoms with E-state index in [1.807, 2.05) is 6.92 Å². The first-order chi connectivity index (χ1) is 9.88. The highest BCUT2D eigenvalue weighted by molar-refractivity contribution is 6.00. The van der Waals surface area contributed by atoms with E-state index in [4.69, 9.17) is 0 Å². The molecule has 1 fully saturated rings. The fraction of sp³-hybridized carbons (Fsp3) is 0.533. The fourth-order valence-electron chi connectivity index (χ4n) is 2.47. The van der Waals surface area contributed by atoms with Gasteiger partial charge in [-0.3, -0.25) is 4.79 Å². The first kappa shape index (κ1) is 15.7. The van der Waals surface area contributed by atoms with Gasteiger partial charge in [0, 0.05) is 12.6 Å². The van der Waals surface area contributed by atoms with Gasteiger partial charge in [-0.25, -0.2) is 0 Å². The summed E-state index contributed by atoms with van der Waals surface area (Å²) in [5.41, 5.74) is -0.896. The third-order valence-electron chi connectivity index (χ3n) is 3.73. The topological polar surface area (TPSA) is 41.1 Å². The fourth-order valence-corrected chi connectivity index (χ4v) is 2.47. The predicted octanol–water partition coefficient (Wildman–Crippen LogP) is 3.67. The SMILES string of the molecule is CCNc1c(C(=O)NC2CC2CC)cccc1C(F)(F)F. The van der Waals surface area contributed by atoms with Gasteiger partial charge >= 0.3 is 6.18 Å². The molecule has 3 nitrogen and oxygen atoms in total. The molecule has 6 heteroatoms. The van der Waals surface area contributed by atoms with E-state index in [-0.39, 0.29) is 17.3 Å². The highest BCUT2D eigenvalue weighted by Gasteiger charge is 2.38. The van der Waals surface area contributed by atoms with Crippen molar-refractivity contribution in [2.24, 2.45) is 5.92 Å². The van der Waals surface area contributed by atoms with E-state index >= 15 is 0 Å². The molecule has 2 unspecified atom stereocenters. The molecule has 1 aromatic carbocycles. The minimum Gasteiger partial charge on any atom is -0.384 e. The number of anilines is 1. The zero-order chi connectivity index (χ0) is 15.6. The Hall–Kier alpha value is -1.72. The summed E-state index contributed by atoms with van der Waals surface area (Å²) >= 11 is 0. The van der Waals surface area contributed by atoms with Crippen LogP contribution in [-0.4, -0.2) is 18.5 Å². The van der Waals surface area contributed by atoms with Crippen LogP contribution in [0.4, 0.5) is 18.9 Å². The summed E-state index contributed by atoms with van der Waals surface area (Å²) < 4.78 is 39.1. The third-order valence-corrected chi connectivity index (χ3v) is 3.73. The van der Waals surface area contributed by atoms with Crippen molar-refractivity contribution in [1.29, 1.82) is 0 Å². The molecule has 1 aliphatic carbocycles. The number of carbonyl (C=O) groups is 1. The quantitative estimate of drug-likeness (QED) is 0.871. The molecule has 1 amide bonds. The molecule has 21 heavy (non-hydrogen) atoms. The highest BCUT2D eigenvalue weighted by atomic mass is 19.4. The zero-order valence-corrected chi connectivity index (χ0v) is 12.1. The number of amides is 1. The van der Waals surface area contributed by atoms with Crippen LogP contribution in [0.2, 0.25) is 0 Å². The van der Waals surface area contributed by atoms with Gasteiger partial charge in [-0.1, -0.05) is 19.4 Å². The van der Waals surface area contributed by atoms with Crippen LogP contribution in [0.15, 0.2) is 18.2 Å². The number of hydrogen-bond acceptors (Lipinski definition) is 2. The molecule has 116 valence electrons. The Morgan fingerprint density at radius 1 is 1.33 bits per heavy atom. The van der Waals surface area contributed by atoms with Gasteiger partial charge in [0.05, 0.1) is 16.8 Å². The van der Waals surface area contributed by atoms with Gasteiger partial charge in [-0.05, 0) is 31.4 Å². The Balaban J connectivity index is 2.27. The van der Waals surface area contributed by atoms with Gasteiger partial charge in [0.25, 0.3) is 5.91 Å². The highest BCUT2D eigenvalue weighted by Crippen LogP contribution is 2.37. The van der Waals surface area contributed by atoms with Crippen molar-refractivity contribution in [2.45, 2.75) is 38.9 Å². The van der Waals surface area contributed by atoms with Crippen LogP contribution in [-0.2, 0) is 6.18 Å². The summed E-state index contributed by atoms with van der Waals surface area (Å²) in [7, 11) is 0. The summed E-state index contributed by atoms with van der Waals surface area (Å²) in [6.45, 7) is 4.04. The lowest BCUT2D eigenvalue weighted by Crippen LogP contribution is -2.28. The lowest BCUT2D eigenvalue weighted by Gasteiger charge is -2.17. The van der Waals surface area contributed by atoms with Crippen LogP contribution in [0.1, 0.15) is 42.6 Å². The van der Waals surface area contributed by atoms with Gasteiger partial charge in [0.2, 0.25) is 0 Å². The summed E-state index contributed by atoms with van der Waals surface area (Å²) in [5, 5.41) is 5.47. The minimum absolute atomic E-state index is 0.0495. The van der Waals surface area contributed by atoms with Crippen molar-refractivity contribution in [3.8, 4) is 0 Å². The van der Waals surface area contributed by atoms with Crippen LogP contribution >= 0.6 is 0 Å². The van der Waals surface area contributed by atoms with Crippen LogP contribution in [0, 0.1) is 5.92 Å². The Kier molecular flexibility index (Phi) is 4.44. The number of alkyl halides is 3. The number of carbonyl (C=O) groups excluding carboxylic acids is 1. The van der Waals surface area contributed by atoms with Crippen LogP contribution in [0.5, 0.6) is 0 Å². The van der Waals surface area contributed by atoms with E-state index in [9.17, 15) is 18.0 Å². The zero-order valence-electron chi connectivity index (χ0n) is 12.1. The molecule has 1 aliphatic rings. The van der Waals surface area contributed by atoms with E-state index in [2.05, 4.69) is 10.6 Å². The minimum atomic E-state index is -4.49. The maximum Gasteiger partial charge on any atom is 0.418 e. The number of halogens is 3. The van der Waals surface area contributed by atoms with Gasteiger partial charge in [0.1, 0.15) is 0 Å². The molecule has 0 heterocycles. The molecule has 1 saturated carbocycles. The molecule has 1 aromatic rings. The predicted molar refractivity (Wildman–Crippen MR) is 75.3 cm³/mol. The summed E-state index contributed by atoms with van der Waals surface area (Å²) in [5.74, 6) is 0.000308. The maximum atomic E-state index is 13.0. The maximum absolute atomic E-state index is 13.0. The smallest absolute Gasteiger partial charge is 0.384 e. The van der Waals surface area contributed by atoms with Crippen molar-refractivity contribution >= 4 is 11.6 Å². The van der Waals surface area contributed by atoms with E-state index in [0.717, 1.165) is 18.9 Å². The Morgan fingerprint density at radius 2 is 2.05 bits per heavy atom. The Morgan fingerprint density at radius 3 is 2.57 bits per heavy atom. The van der Waals surface area contributed by atoms with E-state index in [0.29, 0.717) is 12.5 Å². The number of benzene rings is 1. The normalized spacial score (nSPS) is 21.0. The van der Waals surface area contributed by atoms with Gasteiger partial charge < -0.3 is 10.6 Å². The average Bonchev–Trinajstić information content (AvgIpc) is 3.16. The van der Waals surface area contributed by atoms with Crippen molar-refractivity contribution in [3.63, 3.8) is 0 Å². The first-order valence-corrected chi connectivity index (χ1v) is 7.13. The molecular formula is C15H19F3N2O. The van der Waals surface area contributed by atoms with Crippen molar-refractivity contribution in [1.82, 2.24) is 5.32 Å². The van der Waals surface area contributed by atoms with Crippen molar-refractivity contribution in [2.75, 3.05) is 11.9 Å². The second-order valence-electron chi connectivity index (χ2n) is 5.24. The molecule has 0 aliphatic heterocycles. The second kappa shape index (κ2) is 5.95. The van der Waals surface area contributed by atoms with Crippen molar-refractivity contribution < 1.29 is 18.0 Å². The van der Waals surface area contributed by atoms with Gasteiger partial charge in [0.15, 0.2) is 0 Å². The monoisotopic (exact) mass is 300 g/mol. The van der Waals surface area contributed by atoms with E-state index in [1.54, 1.807) is 6.92 Å². The third kappa shape index (κ3) is 3.49. The summed E-state index contributed by atoms with van der Waals surface area (Å²) in [6, 6.07) is 3.77. The largest absolute Gasteiger partial charge is 0.418 e. The molecule has 0 saturated heterocycles. The van der Waals surface area contributed by atoms with Crippen LogP contribution in [0.3, 0.4) is 0 Å². The first-order valence-electron chi connectivity index (χ1n) is 7.13. The lowest BCUT2D eigenvalue weighted by molar-refractivity contribution is -0.137. The number of hydrogen-bond donors (Lipinski definition) is 2. The number of rotatable bonds is 5. The molecule has 0 aromatic heterocycles. The molecule has 2 atom stereocenters. The summed E-state index contributed by atoms with van der Waals surface area (Å²) in [6.07, 6.45) is -2.62. The van der Waals surface area contributed by atoms with Crippen LogP contribution < -0.4 is 10.6 Å². The molecule has 0 bridgehead atoms. The summed E-state index contributed by atoms with van der Waals surface area (Å²) in [4.78, 5) is 12.2. The lowest BCUT2D eigenvalue weighted by atomic mass is 10.1. The van der Waals surface area contributed by atoms with Crippen LogP contribution in [0.25, 0.3) is 0 Å². The number of nitrogens with one attached hydrogen (secondary N) is 2. The average molecular weight is 300 g/mol. The van der Waals surface area contributed by atoms with E-state index < -0.39 is 17.6 Å². The van der Waals surface area contributed by atoms with Crippen molar-refractivity contribution in [3.05, 3.63) is 29.3 Å². The molecule has 0 radical (unpaired) electrons. The standard InChI is InChI=1S/C15H19F3N2O/c1-3-9-8-12(9)20-14(21)10-6-5-7-11(15(16,17)18)13(10)19-4-2/h5-7,9,12,19H,3-4,8H2,1-2H3,(H,20,21). The number of para-hydroxylation sites is 1. The second-order valence-corrected chi connectivity index (χ2v) is 5.24. The van der Waals surface area contributed by atoms with E-state index in [1.165, 1.54) is 12.1 Å². The Labute approximate surface area is 121 Å².